The summed E-state index contributed by atoms with van der Waals surface area (Å²) >= 11 is 3.23. The van der Waals surface area contributed by atoms with Crippen molar-refractivity contribution < 1.29 is 9.15 Å². The van der Waals surface area contributed by atoms with Crippen LogP contribution in [0.3, 0.4) is 0 Å². The Morgan fingerprint density at radius 1 is 1.15 bits per heavy atom. The van der Waals surface area contributed by atoms with Gasteiger partial charge < -0.3 is 9.15 Å². The molecule has 2 aromatic heterocycles. The van der Waals surface area contributed by atoms with E-state index in [2.05, 4.69) is 10.4 Å². The maximum Gasteiger partial charge on any atom is 0.336 e. The number of thioether (sulfide) groups is 1. The van der Waals surface area contributed by atoms with Crippen molar-refractivity contribution in [1.29, 1.82) is 0 Å². The number of nitrogens with zero attached hydrogens (tertiary/aromatic N) is 1. The smallest absolute Gasteiger partial charge is 0.336 e. The molecule has 0 N–H and O–H groups in total. The highest BCUT2D eigenvalue weighted by atomic mass is 32.2. The van der Waals surface area contributed by atoms with Crippen LogP contribution in [0.15, 0.2) is 73.5 Å². The summed E-state index contributed by atoms with van der Waals surface area (Å²) in [5.74, 6) is 1.31. The quantitative estimate of drug-likeness (QED) is 0.350. The van der Waals surface area contributed by atoms with Crippen LogP contribution >= 0.6 is 23.1 Å². The van der Waals surface area contributed by atoms with Crippen LogP contribution in [0.1, 0.15) is 5.56 Å². The molecular formula is C20H15NO3S2. The molecule has 4 rings (SSSR count). The number of fused-ring (bicyclic) bond motifs is 1. The van der Waals surface area contributed by atoms with Gasteiger partial charge in [0, 0.05) is 34.2 Å². The Bertz CT molecular complexity index is 1100. The van der Waals surface area contributed by atoms with Crippen molar-refractivity contribution in [1.82, 2.24) is 4.98 Å². The van der Waals surface area contributed by atoms with E-state index in [0.29, 0.717) is 17.1 Å². The number of methoxy groups -OCH3 is 1. The molecular weight excluding hydrogens is 366 g/mol. The molecule has 4 aromatic rings. The van der Waals surface area contributed by atoms with Crippen LogP contribution in [-0.4, -0.2) is 12.1 Å². The Hall–Kier alpha value is -2.57. The summed E-state index contributed by atoms with van der Waals surface area (Å²) in [5, 5.41) is 2.97. The Labute approximate surface area is 158 Å². The van der Waals surface area contributed by atoms with Gasteiger partial charge in [-0.1, -0.05) is 42.1 Å². The summed E-state index contributed by atoms with van der Waals surface area (Å²) in [6, 6.07) is 17.2. The van der Waals surface area contributed by atoms with Crippen molar-refractivity contribution in [3.63, 3.8) is 0 Å². The number of ether oxygens (including phenoxy) is 1. The SMILES string of the molecule is COc1ccc2c(CSc3nc(-c4ccccc4)cs3)cc(=O)oc2c1. The lowest BCUT2D eigenvalue weighted by Crippen LogP contribution is -2.00. The minimum Gasteiger partial charge on any atom is -0.497 e. The Morgan fingerprint density at radius 2 is 2.00 bits per heavy atom. The first-order valence-corrected chi connectivity index (χ1v) is 9.84. The molecule has 0 amide bonds. The van der Waals surface area contributed by atoms with E-state index in [0.717, 1.165) is 26.5 Å². The van der Waals surface area contributed by atoms with Gasteiger partial charge in [-0.05, 0) is 17.7 Å². The molecule has 0 bridgehead atoms. The lowest BCUT2D eigenvalue weighted by molar-refractivity contribution is 0.414. The molecule has 0 saturated carbocycles. The van der Waals surface area contributed by atoms with Crippen molar-refractivity contribution in [3.05, 3.63) is 76.0 Å². The van der Waals surface area contributed by atoms with Crippen LogP contribution < -0.4 is 10.4 Å². The van der Waals surface area contributed by atoms with Crippen molar-refractivity contribution in [2.75, 3.05) is 7.11 Å². The average molecular weight is 381 g/mol. The molecule has 2 aromatic carbocycles. The number of hydrogen-bond acceptors (Lipinski definition) is 6. The zero-order valence-electron chi connectivity index (χ0n) is 14.0. The fourth-order valence-corrected chi connectivity index (χ4v) is 4.49. The first-order valence-electron chi connectivity index (χ1n) is 7.97. The highest BCUT2D eigenvalue weighted by Gasteiger charge is 2.10. The van der Waals surface area contributed by atoms with Crippen molar-refractivity contribution in [2.45, 2.75) is 10.1 Å². The average Bonchev–Trinajstić information content (AvgIpc) is 3.15. The second kappa shape index (κ2) is 7.35. The van der Waals surface area contributed by atoms with Gasteiger partial charge in [-0.3, -0.25) is 0 Å². The molecule has 0 unspecified atom stereocenters. The van der Waals surface area contributed by atoms with Crippen LogP contribution in [-0.2, 0) is 5.75 Å². The fourth-order valence-electron chi connectivity index (χ4n) is 2.66. The van der Waals surface area contributed by atoms with Crippen molar-refractivity contribution in [2.24, 2.45) is 0 Å². The molecule has 2 heterocycles. The van der Waals surface area contributed by atoms with Gasteiger partial charge in [-0.15, -0.1) is 11.3 Å². The van der Waals surface area contributed by atoms with Gasteiger partial charge in [0.1, 0.15) is 11.3 Å². The van der Waals surface area contributed by atoms with Crippen LogP contribution in [0.5, 0.6) is 5.75 Å². The van der Waals surface area contributed by atoms with Gasteiger partial charge in [-0.25, -0.2) is 9.78 Å². The second-order valence-corrected chi connectivity index (χ2v) is 7.69. The summed E-state index contributed by atoms with van der Waals surface area (Å²) in [7, 11) is 1.59. The number of hydrogen-bond donors (Lipinski definition) is 0. The molecule has 6 heteroatoms. The first-order chi connectivity index (χ1) is 12.7. The predicted molar refractivity (Wildman–Crippen MR) is 106 cm³/mol. The van der Waals surface area contributed by atoms with E-state index in [1.54, 1.807) is 42.3 Å². The standard InChI is InChI=1S/C20H15NO3S2/c1-23-15-7-8-16-14(9-19(22)24-18(16)10-15)11-25-20-21-17(12-26-20)13-5-3-2-4-6-13/h2-10,12H,11H2,1H3. The summed E-state index contributed by atoms with van der Waals surface area (Å²) in [5.41, 5.74) is 3.19. The lowest BCUT2D eigenvalue weighted by atomic mass is 10.1. The zero-order chi connectivity index (χ0) is 17.9. The van der Waals surface area contributed by atoms with Crippen LogP contribution in [0.4, 0.5) is 0 Å². The van der Waals surface area contributed by atoms with Gasteiger partial charge in [0.2, 0.25) is 0 Å². The van der Waals surface area contributed by atoms with E-state index in [-0.39, 0.29) is 5.63 Å². The molecule has 0 fully saturated rings. The van der Waals surface area contributed by atoms with E-state index >= 15 is 0 Å². The van der Waals surface area contributed by atoms with Crippen LogP contribution in [0, 0.1) is 0 Å². The fraction of sp³-hybridized carbons (Fsp3) is 0.100. The first kappa shape index (κ1) is 16.9. The largest absolute Gasteiger partial charge is 0.497 e. The Morgan fingerprint density at radius 3 is 2.81 bits per heavy atom. The number of thiazole rings is 1. The van der Waals surface area contributed by atoms with Gasteiger partial charge >= 0.3 is 5.63 Å². The molecule has 130 valence electrons. The Kier molecular flexibility index (Phi) is 4.77. The van der Waals surface area contributed by atoms with Gasteiger partial charge in [0.15, 0.2) is 4.34 Å². The summed E-state index contributed by atoms with van der Waals surface area (Å²) < 4.78 is 11.5. The van der Waals surface area contributed by atoms with E-state index in [1.807, 2.05) is 42.5 Å². The van der Waals surface area contributed by atoms with E-state index in [1.165, 1.54) is 0 Å². The highest BCUT2D eigenvalue weighted by Crippen LogP contribution is 2.32. The molecule has 0 aliphatic rings. The monoisotopic (exact) mass is 381 g/mol. The van der Waals surface area contributed by atoms with Gasteiger partial charge in [-0.2, -0.15) is 0 Å². The molecule has 0 radical (unpaired) electrons. The molecule has 4 nitrogen and oxygen atoms in total. The third-order valence-corrected chi connectivity index (χ3v) is 6.01. The third-order valence-electron chi connectivity index (χ3n) is 3.94. The summed E-state index contributed by atoms with van der Waals surface area (Å²) in [6.07, 6.45) is 0. The van der Waals surface area contributed by atoms with Crippen molar-refractivity contribution >= 4 is 34.1 Å². The van der Waals surface area contributed by atoms with Crippen LogP contribution in [0.2, 0.25) is 0 Å². The Balaban J connectivity index is 1.58. The number of aromatic nitrogens is 1. The van der Waals surface area contributed by atoms with E-state index in [4.69, 9.17) is 9.15 Å². The summed E-state index contributed by atoms with van der Waals surface area (Å²) in [4.78, 5) is 16.6. The van der Waals surface area contributed by atoms with Gasteiger partial charge in [0.25, 0.3) is 0 Å². The number of benzene rings is 2. The minimum absolute atomic E-state index is 0.356. The molecule has 0 saturated heterocycles. The normalized spacial score (nSPS) is 11.0. The van der Waals surface area contributed by atoms with Crippen molar-refractivity contribution in [3.8, 4) is 17.0 Å². The second-order valence-electron chi connectivity index (χ2n) is 5.61. The highest BCUT2D eigenvalue weighted by molar-refractivity contribution is 8.00. The van der Waals surface area contributed by atoms with Gasteiger partial charge in [0.05, 0.1) is 12.8 Å². The maximum absolute atomic E-state index is 11.9. The summed E-state index contributed by atoms with van der Waals surface area (Å²) in [6.45, 7) is 0. The zero-order valence-corrected chi connectivity index (χ0v) is 15.6. The molecule has 0 aliphatic heterocycles. The molecule has 0 aliphatic carbocycles. The molecule has 0 spiro atoms. The van der Waals surface area contributed by atoms with E-state index in [9.17, 15) is 4.79 Å². The third kappa shape index (κ3) is 3.52. The maximum atomic E-state index is 11.9. The van der Waals surface area contributed by atoms with Crippen LogP contribution in [0.25, 0.3) is 22.2 Å². The predicted octanol–water partition coefficient (Wildman–Crippen LogP) is 5.22. The lowest BCUT2D eigenvalue weighted by Gasteiger charge is -2.06. The molecule has 26 heavy (non-hydrogen) atoms. The molecule has 0 atom stereocenters. The van der Waals surface area contributed by atoms with E-state index < -0.39 is 0 Å². The number of rotatable bonds is 5. The topological polar surface area (TPSA) is 52.3 Å². The minimum atomic E-state index is -0.356.